The maximum Gasteiger partial charge on any atom is 0.340 e. The van der Waals surface area contributed by atoms with Gasteiger partial charge in [-0.1, -0.05) is 22.8 Å². The fourth-order valence-electron chi connectivity index (χ4n) is 1.08. The van der Waals surface area contributed by atoms with Gasteiger partial charge >= 0.3 is 5.97 Å². The number of esters is 1. The van der Waals surface area contributed by atoms with Crippen LogP contribution in [-0.2, 0) is 9.53 Å². The summed E-state index contributed by atoms with van der Waals surface area (Å²) >= 11 is 5.54. The van der Waals surface area contributed by atoms with Crippen molar-refractivity contribution in [2.24, 2.45) is 5.11 Å². The van der Waals surface area contributed by atoms with E-state index >= 15 is 0 Å². The van der Waals surface area contributed by atoms with Crippen LogP contribution in [0.2, 0.25) is 5.02 Å². The molecular formula is C10H6ClF2N3O2. The summed E-state index contributed by atoms with van der Waals surface area (Å²) in [7, 11) is 1.08. The van der Waals surface area contributed by atoms with Gasteiger partial charge in [0.05, 0.1) is 12.1 Å². The summed E-state index contributed by atoms with van der Waals surface area (Å²) < 4.78 is 30.3. The SMILES string of the molecule is COC(=O)/C(=C\c1ccc(F)c(F)c1Cl)N=[N+]=[N-]. The second-order valence-corrected chi connectivity index (χ2v) is 3.35. The number of rotatable bonds is 3. The number of carbonyl (C=O) groups is 1. The van der Waals surface area contributed by atoms with E-state index in [2.05, 4.69) is 14.8 Å². The number of methoxy groups -OCH3 is 1. The molecule has 0 aliphatic rings. The first-order valence-electron chi connectivity index (χ1n) is 4.50. The smallest absolute Gasteiger partial charge is 0.340 e. The molecule has 0 saturated carbocycles. The van der Waals surface area contributed by atoms with Crippen LogP contribution >= 0.6 is 11.6 Å². The van der Waals surface area contributed by atoms with Crippen LogP contribution < -0.4 is 0 Å². The molecule has 0 fully saturated rings. The number of benzene rings is 1. The highest BCUT2D eigenvalue weighted by atomic mass is 35.5. The fourth-order valence-corrected chi connectivity index (χ4v) is 1.29. The van der Waals surface area contributed by atoms with Gasteiger partial charge in [0, 0.05) is 4.91 Å². The Labute approximate surface area is 105 Å². The second kappa shape index (κ2) is 6.00. The zero-order valence-electron chi connectivity index (χ0n) is 9.02. The number of ether oxygens (including phenoxy) is 1. The molecule has 0 radical (unpaired) electrons. The third-order valence-electron chi connectivity index (χ3n) is 1.90. The summed E-state index contributed by atoms with van der Waals surface area (Å²) in [6.45, 7) is 0. The number of hydrogen-bond donors (Lipinski definition) is 0. The van der Waals surface area contributed by atoms with E-state index in [9.17, 15) is 13.6 Å². The summed E-state index contributed by atoms with van der Waals surface area (Å²) in [6.07, 6.45) is 0.996. The number of carbonyl (C=O) groups excluding carboxylic acids is 1. The van der Waals surface area contributed by atoms with E-state index in [4.69, 9.17) is 17.1 Å². The van der Waals surface area contributed by atoms with Crippen molar-refractivity contribution in [2.45, 2.75) is 0 Å². The summed E-state index contributed by atoms with van der Waals surface area (Å²) in [5.74, 6) is -3.30. The first kappa shape index (κ1) is 14.0. The van der Waals surface area contributed by atoms with Crippen molar-refractivity contribution in [1.29, 1.82) is 0 Å². The Morgan fingerprint density at radius 3 is 2.78 bits per heavy atom. The van der Waals surface area contributed by atoms with Crippen molar-refractivity contribution in [2.75, 3.05) is 7.11 Å². The molecule has 0 unspecified atom stereocenters. The third kappa shape index (κ3) is 2.97. The standard InChI is InChI=1S/C10H6ClF2N3O2/c1-18-10(17)7(15-16-14)4-5-2-3-6(12)9(13)8(5)11/h2-4H,1H3/b7-4+. The average Bonchev–Trinajstić information content (AvgIpc) is 2.37. The molecule has 94 valence electrons. The van der Waals surface area contributed by atoms with Crippen LogP contribution in [0.15, 0.2) is 22.9 Å². The Hall–Kier alpha value is -2.11. The van der Waals surface area contributed by atoms with Crippen LogP contribution in [0.25, 0.3) is 16.5 Å². The predicted molar refractivity (Wildman–Crippen MR) is 60.5 cm³/mol. The molecule has 1 aromatic rings. The highest BCUT2D eigenvalue weighted by Crippen LogP contribution is 2.24. The lowest BCUT2D eigenvalue weighted by molar-refractivity contribution is -0.136. The van der Waals surface area contributed by atoms with Gasteiger partial charge in [-0.15, -0.1) is 0 Å². The Morgan fingerprint density at radius 1 is 1.56 bits per heavy atom. The molecule has 0 aromatic heterocycles. The van der Waals surface area contributed by atoms with Gasteiger partial charge in [0.15, 0.2) is 11.6 Å². The van der Waals surface area contributed by atoms with Crippen LogP contribution in [0, 0.1) is 11.6 Å². The first-order chi connectivity index (χ1) is 8.51. The number of azide groups is 1. The van der Waals surface area contributed by atoms with E-state index in [0.717, 1.165) is 25.3 Å². The molecular weight excluding hydrogens is 268 g/mol. The zero-order chi connectivity index (χ0) is 13.7. The molecule has 5 nitrogen and oxygen atoms in total. The topological polar surface area (TPSA) is 75.1 Å². The van der Waals surface area contributed by atoms with Gasteiger partial charge in [0.25, 0.3) is 0 Å². The normalized spacial score (nSPS) is 10.8. The minimum atomic E-state index is -1.25. The lowest BCUT2D eigenvalue weighted by Gasteiger charge is -2.03. The van der Waals surface area contributed by atoms with E-state index in [1.54, 1.807) is 0 Å². The summed E-state index contributed by atoms with van der Waals surface area (Å²) in [4.78, 5) is 13.6. The summed E-state index contributed by atoms with van der Waals surface area (Å²) in [5, 5.41) is 2.55. The molecule has 0 saturated heterocycles. The average molecular weight is 274 g/mol. The van der Waals surface area contributed by atoms with E-state index in [0.29, 0.717) is 0 Å². The molecule has 8 heteroatoms. The van der Waals surface area contributed by atoms with Crippen LogP contribution in [0.1, 0.15) is 5.56 Å². The molecule has 1 aromatic carbocycles. The van der Waals surface area contributed by atoms with Gasteiger partial charge in [-0.3, -0.25) is 0 Å². The third-order valence-corrected chi connectivity index (χ3v) is 2.29. The lowest BCUT2D eigenvalue weighted by Crippen LogP contribution is -2.02. The molecule has 0 N–H and O–H groups in total. The van der Waals surface area contributed by atoms with E-state index in [-0.39, 0.29) is 5.56 Å². The van der Waals surface area contributed by atoms with Crippen molar-refractivity contribution in [3.05, 3.63) is 50.5 Å². The monoisotopic (exact) mass is 273 g/mol. The van der Waals surface area contributed by atoms with E-state index < -0.39 is 28.3 Å². The van der Waals surface area contributed by atoms with Crippen LogP contribution in [-0.4, -0.2) is 13.1 Å². The highest BCUT2D eigenvalue weighted by Gasteiger charge is 2.13. The maximum atomic E-state index is 13.2. The van der Waals surface area contributed by atoms with E-state index in [1.807, 2.05) is 0 Å². The quantitative estimate of drug-likeness (QED) is 0.211. The summed E-state index contributed by atoms with van der Waals surface area (Å²) in [6, 6.07) is 1.97. The first-order valence-corrected chi connectivity index (χ1v) is 4.87. The van der Waals surface area contributed by atoms with Gasteiger partial charge in [-0.05, 0) is 23.2 Å². The van der Waals surface area contributed by atoms with Gasteiger partial charge in [0.2, 0.25) is 0 Å². The molecule has 0 aliphatic heterocycles. The van der Waals surface area contributed by atoms with Gasteiger partial charge in [-0.2, -0.15) is 0 Å². The number of hydrogen-bond acceptors (Lipinski definition) is 3. The summed E-state index contributed by atoms with van der Waals surface area (Å²) in [5.41, 5.74) is 7.84. The number of halogens is 3. The Kier molecular flexibility index (Phi) is 4.65. The van der Waals surface area contributed by atoms with Gasteiger partial charge < -0.3 is 4.74 Å². The van der Waals surface area contributed by atoms with Crippen LogP contribution in [0.5, 0.6) is 0 Å². The molecule has 0 amide bonds. The molecule has 18 heavy (non-hydrogen) atoms. The molecule has 0 aliphatic carbocycles. The van der Waals surface area contributed by atoms with Crippen molar-refractivity contribution in [1.82, 2.24) is 0 Å². The lowest BCUT2D eigenvalue weighted by atomic mass is 10.2. The van der Waals surface area contributed by atoms with Crippen LogP contribution in [0.4, 0.5) is 8.78 Å². The Bertz CT molecular complexity index is 568. The van der Waals surface area contributed by atoms with Crippen molar-refractivity contribution < 1.29 is 18.3 Å². The molecule has 0 atom stereocenters. The Morgan fingerprint density at radius 2 is 2.22 bits per heavy atom. The van der Waals surface area contributed by atoms with Crippen molar-refractivity contribution >= 4 is 23.6 Å². The van der Waals surface area contributed by atoms with Crippen molar-refractivity contribution in [3.63, 3.8) is 0 Å². The molecule has 1 rings (SSSR count). The Balaban J connectivity index is 3.33. The largest absolute Gasteiger partial charge is 0.466 e. The predicted octanol–water partition coefficient (Wildman–Crippen LogP) is 3.44. The molecule has 0 spiro atoms. The maximum absolute atomic E-state index is 13.2. The highest BCUT2D eigenvalue weighted by molar-refractivity contribution is 6.32. The number of nitrogens with zero attached hydrogens (tertiary/aromatic N) is 3. The molecule has 0 heterocycles. The van der Waals surface area contributed by atoms with Crippen LogP contribution in [0.3, 0.4) is 0 Å². The zero-order valence-corrected chi connectivity index (χ0v) is 9.78. The fraction of sp³-hybridized carbons (Fsp3) is 0.100. The minimum absolute atomic E-state index is 0.0108. The van der Waals surface area contributed by atoms with Crippen molar-refractivity contribution in [3.8, 4) is 0 Å². The second-order valence-electron chi connectivity index (χ2n) is 2.98. The van der Waals surface area contributed by atoms with E-state index in [1.165, 1.54) is 0 Å². The molecule has 0 bridgehead atoms. The van der Waals surface area contributed by atoms with Gasteiger partial charge in [-0.25, -0.2) is 13.6 Å². The van der Waals surface area contributed by atoms with Gasteiger partial charge in [0.1, 0.15) is 5.70 Å². The minimum Gasteiger partial charge on any atom is -0.466 e.